The molecule has 10 heteroatoms. The third-order valence-electron chi connectivity index (χ3n) is 4.80. The molecule has 0 spiro atoms. The Balaban J connectivity index is 1.78. The lowest BCUT2D eigenvalue weighted by Gasteiger charge is -2.08. The van der Waals surface area contributed by atoms with Crippen LogP contribution in [0, 0.1) is 13.8 Å². The SMILES string of the molecule is CCCOC(=O)c1c(NC(=O)c2ccn(COc3ccccc3C)n2)sc(C(=O)OCC)c1C. The number of hydrogen-bond acceptors (Lipinski definition) is 8. The number of para-hydroxylation sites is 1. The van der Waals surface area contributed by atoms with Gasteiger partial charge < -0.3 is 19.5 Å². The number of carbonyl (C=O) groups is 3. The molecule has 1 N–H and O–H groups in total. The van der Waals surface area contributed by atoms with Gasteiger partial charge in [0.05, 0.1) is 18.8 Å². The number of carbonyl (C=O) groups excluding carboxylic acids is 3. The maximum atomic E-state index is 12.9. The topological polar surface area (TPSA) is 109 Å². The number of nitrogens with zero attached hydrogens (tertiary/aromatic N) is 2. The number of esters is 2. The van der Waals surface area contributed by atoms with Crippen molar-refractivity contribution in [2.24, 2.45) is 0 Å². The fourth-order valence-electron chi connectivity index (χ4n) is 3.08. The smallest absolute Gasteiger partial charge is 0.348 e. The summed E-state index contributed by atoms with van der Waals surface area (Å²) in [5.74, 6) is -0.984. The second kappa shape index (κ2) is 11.5. The van der Waals surface area contributed by atoms with Gasteiger partial charge in [-0.15, -0.1) is 11.3 Å². The second-order valence-electron chi connectivity index (χ2n) is 7.35. The number of hydrogen-bond donors (Lipinski definition) is 1. The van der Waals surface area contributed by atoms with E-state index in [2.05, 4.69) is 10.4 Å². The first-order valence-corrected chi connectivity index (χ1v) is 11.7. The first kappa shape index (κ1) is 25.0. The van der Waals surface area contributed by atoms with Crippen LogP contribution in [0.1, 0.15) is 61.9 Å². The maximum absolute atomic E-state index is 12.9. The van der Waals surface area contributed by atoms with Gasteiger partial charge in [-0.1, -0.05) is 25.1 Å². The largest absolute Gasteiger partial charge is 0.471 e. The van der Waals surface area contributed by atoms with Crippen LogP contribution < -0.4 is 10.1 Å². The Morgan fingerprint density at radius 1 is 1.06 bits per heavy atom. The van der Waals surface area contributed by atoms with Gasteiger partial charge in [-0.2, -0.15) is 5.10 Å². The maximum Gasteiger partial charge on any atom is 0.348 e. The zero-order valence-corrected chi connectivity index (χ0v) is 20.4. The van der Waals surface area contributed by atoms with Crippen LogP contribution in [0.2, 0.25) is 0 Å². The first-order valence-electron chi connectivity index (χ1n) is 10.9. The van der Waals surface area contributed by atoms with Crippen molar-refractivity contribution in [2.45, 2.75) is 40.8 Å². The summed E-state index contributed by atoms with van der Waals surface area (Å²) in [4.78, 5) is 38.1. The molecule has 0 aliphatic carbocycles. The number of aromatic nitrogens is 2. The number of ether oxygens (including phenoxy) is 3. The van der Waals surface area contributed by atoms with Crippen molar-refractivity contribution < 1.29 is 28.6 Å². The van der Waals surface area contributed by atoms with E-state index in [1.54, 1.807) is 26.1 Å². The molecule has 0 bridgehead atoms. The number of aryl methyl sites for hydroxylation is 1. The molecule has 1 amide bonds. The molecule has 2 heterocycles. The Labute approximate surface area is 201 Å². The van der Waals surface area contributed by atoms with Crippen LogP contribution in [-0.4, -0.2) is 40.8 Å². The molecule has 34 heavy (non-hydrogen) atoms. The average molecular weight is 486 g/mol. The normalized spacial score (nSPS) is 10.6. The number of thiophene rings is 1. The lowest BCUT2D eigenvalue weighted by Crippen LogP contribution is -2.16. The molecule has 0 unspecified atom stereocenters. The minimum absolute atomic E-state index is 0.123. The summed E-state index contributed by atoms with van der Waals surface area (Å²) < 4.78 is 17.6. The first-order chi connectivity index (χ1) is 16.3. The van der Waals surface area contributed by atoms with E-state index in [9.17, 15) is 14.4 Å². The third kappa shape index (κ3) is 5.82. The second-order valence-corrected chi connectivity index (χ2v) is 8.37. The van der Waals surface area contributed by atoms with Gasteiger partial charge in [0.25, 0.3) is 5.91 Å². The molecule has 0 saturated carbocycles. The summed E-state index contributed by atoms with van der Waals surface area (Å²) in [5.41, 5.74) is 1.65. The van der Waals surface area contributed by atoms with Crippen molar-refractivity contribution in [1.29, 1.82) is 0 Å². The monoisotopic (exact) mass is 485 g/mol. The molecule has 2 aromatic heterocycles. The van der Waals surface area contributed by atoms with E-state index in [0.717, 1.165) is 22.6 Å². The Kier molecular flexibility index (Phi) is 8.42. The van der Waals surface area contributed by atoms with Crippen LogP contribution in [-0.2, 0) is 16.2 Å². The highest BCUT2D eigenvalue weighted by Crippen LogP contribution is 2.34. The zero-order valence-electron chi connectivity index (χ0n) is 19.5. The molecule has 0 saturated heterocycles. The Morgan fingerprint density at radius 3 is 2.53 bits per heavy atom. The Hall–Kier alpha value is -3.66. The van der Waals surface area contributed by atoms with Crippen LogP contribution >= 0.6 is 11.3 Å². The van der Waals surface area contributed by atoms with Gasteiger partial charge in [0, 0.05) is 6.20 Å². The molecule has 9 nitrogen and oxygen atoms in total. The minimum Gasteiger partial charge on any atom is -0.471 e. The predicted octanol–water partition coefficient (Wildman–Crippen LogP) is 4.59. The van der Waals surface area contributed by atoms with Crippen molar-refractivity contribution in [2.75, 3.05) is 18.5 Å². The Morgan fingerprint density at radius 2 is 1.82 bits per heavy atom. The molecular weight excluding hydrogens is 458 g/mol. The van der Waals surface area contributed by atoms with E-state index in [0.29, 0.717) is 12.0 Å². The quantitative estimate of drug-likeness (QED) is 0.418. The number of nitrogens with one attached hydrogen (secondary N) is 1. The molecule has 1 aromatic carbocycles. The summed E-state index contributed by atoms with van der Waals surface area (Å²) in [6, 6.07) is 9.13. The van der Waals surface area contributed by atoms with Crippen molar-refractivity contribution in [3.05, 3.63) is 63.8 Å². The fraction of sp³-hybridized carbons (Fsp3) is 0.333. The van der Waals surface area contributed by atoms with E-state index >= 15 is 0 Å². The molecular formula is C24H27N3O6S. The van der Waals surface area contributed by atoms with Crippen molar-refractivity contribution in [3.63, 3.8) is 0 Å². The Bertz CT molecular complexity index is 1180. The van der Waals surface area contributed by atoms with E-state index < -0.39 is 17.8 Å². The van der Waals surface area contributed by atoms with Gasteiger partial charge in [-0.3, -0.25) is 4.79 Å². The molecule has 3 aromatic rings. The van der Waals surface area contributed by atoms with Crippen molar-refractivity contribution >= 4 is 34.2 Å². The van der Waals surface area contributed by atoms with E-state index in [4.69, 9.17) is 14.2 Å². The van der Waals surface area contributed by atoms with Crippen LogP contribution in [0.5, 0.6) is 5.75 Å². The number of anilines is 1. The van der Waals surface area contributed by atoms with Crippen LogP contribution in [0.3, 0.4) is 0 Å². The van der Waals surface area contributed by atoms with Gasteiger partial charge in [-0.25, -0.2) is 14.3 Å². The summed E-state index contributed by atoms with van der Waals surface area (Å²) in [6.45, 7) is 7.67. The summed E-state index contributed by atoms with van der Waals surface area (Å²) >= 11 is 0.968. The lowest BCUT2D eigenvalue weighted by atomic mass is 10.1. The van der Waals surface area contributed by atoms with Crippen LogP contribution in [0.4, 0.5) is 5.00 Å². The standard InChI is InChI=1S/C24H27N3O6S/c1-5-13-32-23(29)19-16(4)20(24(30)31-6-2)34-22(19)25-21(28)17-11-12-27(26-17)14-33-18-10-8-7-9-15(18)3/h7-12H,5-6,13-14H2,1-4H3,(H,25,28). The van der Waals surface area contributed by atoms with Crippen molar-refractivity contribution in [3.8, 4) is 5.75 Å². The number of amides is 1. The molecule has 0 aliphatic rings. The fourth-order valence-corrected chi connectivity index (χ4v) is 4.17. The van der Waals surface area contributed by atoms with Crippen LogP contribution in [0.25, 0.3) is 0 Å². The van der Waals surface area contributed by atoms with Gasteiger partial charge in [0.15, 0.2) is 12.4 Å². The van der Waals surface area contributed by atoms with Crippen molar-refractivity contribution in [1.82, 2.24) is 9.78 Å². The third-order valence-corrected chi connectivity index (χ3v) is 5.98. The van der Waals surface area contributed by atoms with E-state index in [1.165, 1.54) is 4.68 Å². The van der Waals surface area contributed by atoms with Gasteiger partial charge >= 0.3 is 11.9 Å². The van der Waals surface area contributed by atoms with Gasteiger partial charge in [0.2, 0.25) is 0 Å². The summed E-state index contributed by atoms with van der Waals surface area (Å²) in [7, 11) is 0. The molecule has 0 atom stereocenters. The number of rotatable bonds is 10. The van der Waals surface area contributed by atoms with E-state index in [1.807, 2.05) is 38.1 Å². The predicted molar refractivity (Wildman–Crippen MR) is 128 cm³/mol. The lowest BCUT2D eigenvalue weighted by molar-refractivity contribution is 0.0506. The molecule has 3 rings (SSSR count). The molecule has 0 aliphatic heterocycles. The highest BCUT2D eigenvalue weighted by molar-refractivity contribution is 7.18. The summed E-state index contributed by atoms with van der Waals surface area (Å²) in [5, 5.41) is 7.14. The minimum atomic E-state index is -0.612. The molecule has 0 radical (unpaired) electrons. The van der Waals surface area contributed by atoms with Gasteiger partial charge in [0.1, 0.15) is 15.6 Å². The summed E-state index contributed by atoms with van der Waals surface area (Å²) in [6.07, 6.45) is 2.26. The van der Waals surface area contributed by atoms with Gasteiger partial charge in [-0.05, 0) is 50.5 Å². The van der Waals surface area contributed by atoms with Crippen LogP contribution in [0.15, 0.2) is 36.5 Å². The average Bonchev–Trinajstić information content (AvgIpc) is 3.42. The highest BCUT2D eigenvalue weighted by atomic mass is 32.1. The highest BCUT2D eigenvalue weighted by Gasteiger charge is 2.28. The van der Waals surface area contributed by atoms with E-state index in [-0.39, 0.29) is 41.1 Å². The zero-order chi connectivity index (χ0) is 24.7. The number of benzene rings is 1. The molecule has 180 valence electrons. The molecule has 0 fully saturated rings.